The summed E-state index contributed by atoms with van der Waals surface area (Å²) in [5, 5.41) is 2.77. The number of hydrogen-bond donors (Lipinski definition) is 1. The molecule has 2 heterocycles. The highest BCUT2D eigenvalue weighted by Crippen LogP contribution is 2.39. The van der Waals surface area contributed by atoms with Crippen LogP contribution in [-0.4, -0.2) is 42.5 Å². The molecule has 0 aliphatic carbocycles. The van der Waals surface area contributed by atoms with Gasteiger partial charge >= 0.3 is 12.1 Å². The van der Waals surface area contributed by atoms with Crippen LogP contribution in [0.4, 0.5) is 4.79 Å². The molecule has 2 bridgehead atoms. The second kappa shape index (κ2) is 5.60. The number of rotatable bonds is 3. The van der Waals surface area contributed by atoms with Crippen molar-refractivity contribution in [2.45, 2.75) is 64.4 Å². The third-order valence-corrected chi connectivity index (χ3v) is 3.52. The van der Waals surface area contributed by atoms with E-state index in [9.17, 15) is 9.59 Å². The van der Waals surface area contributed by atoms with Gasteiger partial charge < -0.3 is 19.5 Å². The molecule has 1 N–H and O–H groups in total. The van der Waals surface area contributed by atoms with E-state index < -0.39 is 17.6 Å². The normalized spacial score (nSPS) is 32.0. The van der Waals surface area contributed by atoms with Gasteiger partial charge in [-0.15, -0.1) is 0 Å². The van der Waals surface area contributed by atoms with Gasteiger partial charge in [0, 0.05) is 0 Å². The lowest BCUT2D eigenvalue weighted by atomic mass is 9.84. The molecule has 0 radical (unpaired) electrons. The first-order valence-electron chi connectivity index (χ1n) is 7.13. The van der Waals surface area contributed by atoms with Crippen LogP contribution in [0.5, 0.6) is 0 Å². The van der Waals surface area contributed by atoms with E-state index in [1.54, 1.807) is 27.7 Å². The summed E-state index contributed by atoms with van der Waals surface area (Å²) in [5.41, 5.74) is -0.567. The third-order valence-electron chi connectivity index (χ3n) is 3.52. The Balaban J connectivity index is 2.01. The molecule has 4 atom stereocenters. The van der Waals surface area contributed by atoms with E-state index in [1.165, 1.54) is 0 Å². The van der Waals surface area contributed by atoms with Gasteiger partial charge in [-0.2, -0.15) is 0 Å². The summed E-state index contributed by atoms with van der Waals surface area (Å²) in [7, 11) is 0. The third kappa shape index (κ3) is 3.23. The minimum absolute atomic E-state index is 0.123. The van der Waals surface area contributed by atoms with Crippen molar-refractivity contribution in [3.05, 3.63) is 0 Å². The maximum absolute atomic E-state index is 12.0. The summed E-state index contributed by atoms with van der Waals surface area (Å²) in [4.78, 5) is 23.9. The van der Waals surface area contributed by atoms with Gasteiger partial charge in [-0.25, -0.2) is 4.79 Å². The molecule has 0 aromatic rings. The highest BCUT2D eigenvalue weighted by molar-refractivity contribution is 5.77. The molecule has 1 amide bonds. The number of hydrogen-bond acceptors (Lipinski definition) is 5. The van der Waals surface area contributed by atoms with Crippen molar-refractivity contribution in [3.8, 4) is 0 Å². The van der Waals surface area contributed by atoms with Gasteiger partial charge in [-0.05, 0) is 40.5 Å². The van der Waals surface area contributed by atoms with Gasteiger partial charge in [0.1, 0.15) is 11.5 Å². The second-order valence-electron chi connectivity index (χ2n) is 6.24. The van der Waals surface area contributed by atoms with Crippen LogP contribution in [0, 0.1) is 5.92 Å². The number of ether oxygens (including phenoxy) is 3. The lowest BCUT2D eigenvalue weighted by molar-refractivity contribution is -0.150. The molecule has 6 heteroatoms. The Labute approximate surface area is 119 Å². The minimum atomic E-state index is -0.567. The first-order chi connectivity index (χ1) is 9.31. The van der Waals surface area contributed by atoms with Crippen LogP contribution in [-0.2, 0) is 19.0 Å². The first kappa shape index (κ1) is 15.1. The van der Waals surface area contributed by atoms with Crippen molar-refractivity contribution in [2.24, 2.45) is 5.92 Å². The summed E-state index contributed by atoms with van der Waals surface area (Å²) in [6.45, 7) is 7.49. The Morgan fingerprint density at radius 3 is 2.50 bits per heavy atom. The standard InChI is InChI=1S/C14H23NO5/c1-5-18-12(16)10-8-6-7-9(19-8)11(10)15-13(17)20-14(2,3)4/h8-11H,5-7H2,1-4H3,(H,15,17). The van der Waals surface area contributed by atoms with Gasteiger partial charge in [-0.1, -0.05) is 0 Å². The maximum Gasteiger partial charge on any atom is 0.407 e. The predicted octanol–water partition coefficient (Wildman–Crippen LogP) is 1.62. The van der Waals surface area contributed by atoms with E-state index in [1.807, 2.05) is 0 Å². The smallest absolute Gasteiger partial charge is 0.407 e. The van der Waals surface area contributed by atoms with Crippen LogP contribution >= 0.6 is 0 Å². The van der Waals surface area contributed by atoms with E-state index in [0.717, 1.165) is 12.8 Å². The number of carbonyl (C=O) groups excluding carboxylic acids is 2. The van der Waals surface area contributed by atoms with Crippen molar-refractivity contribution >= 4 is 12.1 Å². The van der Waals surface area contributed by atoms with Crippen LogP contribution < -0.4 is 5.32 Å². The molecule has 20 heavy (non-hydrogen) atoms. The Bertz CT molecular complexity index is 390. The summed E-state index contributed by atoms with van der Waals surface area (Å²) in [6.07, 6.45) is 0.885. The predicted molar refractivity (Wildman–Crippen MR) is 71.2 cm³/mol. The topological polar surface area (TPSA) is 73.9 Å². The Hall–Kier alpha value is -1.30. The van der Waals surface area contributed by atoms with Gasteiger partial charge in [0.25, 0.3) is 0 Å². The summed E-state index contributed by atoms with van der Waals surface area (Å²) >= 11 is 0. The quantitative estimate of drug-likeness (QED) is 0.798. The van der Waals surface area contributed by atoms with Crippen molar-refractivity contribution in [1.29, 1.82) is 0 Å². The van der Waals surface area contributed by atoms with Crippen molar-refractivity contribution < 1.29 is 23.8 Å². The molecule has 2 rings (SSSR count). The maximum atomic E-state index is 12.0. The van der Waals surface area contributed by atoms with Crippen molar-refractivity contribution in [2.75, 3.05) is 6.61 Å². The summed E-state index contributed by atoms with van der Waals surface area (Å²) in [5.74, 6) is -0.734. The Morgan fingerprint density at radius 1 is 1.25 bits per heavy atom. The fraction of sp³-hybridized carbons (Fsp3) is 0.857. The Morgan fingerprint density at radius 2 is 1.90 bits per heavy atom. The Kier molecular flexibility index (Phi) is 4.22. The minimum Gasteiger partial charge on any atom is -0.466 e. The van der Waals surface area contributed by atoms with Crippen LogP contribution in [0.15, 0.2) is 0 Å². The molecule has 0 spiro atoms. The molecule has 0 aromatic carbocycles. The number of amides is 1. The lowest BCUT2D eigenvalue weighted by Gasteiger charge is -2.28. The van der Waals surface area contributed by atoms with Gasteiger partial charge in [-0.3, -0.25) is 4.79 Å². The average molecular weight is 285 g/mol. The summed E-state index contributed by atoms with van der Waals surface area (Å²) in [6, 6.07) is -0.359. The highest BCUT2D eigenvalue weighted by Gasteiger charge is 2.54. The van der Waals surface area contributed by atoms with E-state index in [2.05, 4.69) is 5.32 Å². The first-order valence-corrected chi connectivity index (χ1v) is 7.13. The number of carbonyl (C=O) groups is 2. The molecule has 0 aromatic heterocycles. The molecule has 2 aliphatic heterocycles. The van der Waals surface area contributed by atoms with Gasteiger partial charge in [0.05, 0.1) is 24.9 Å². The van der Waals surface area contributed by atoms with Crippen LogP contribution in [0.3, 0.4) is 0 Å². The van der Waals surface area contributed by atoms with Crippen molar-refractivity contribution in [1.82, 2.24) is 5.32 Å². The zero-order valence-corrected chi connectivity index (χ0v) is 12.5. The van der Waals surface area contributed by atoms with E-state index in [-0.39, 0.29) is 24.2 Å². The van der Waals surface area contributed by atoms with Crippen molar-refractivity contribution in [3.63, 3.8) is 0 Å². The summed E-state index contributed by atoms with van der Waals surface area (Å²) < 4.78 is 16.0. The van der Waals surface area contributed by atoms with Crippen LogP contribution in [0.2, 0.25) is 0 Å². The van der Waals surface area contributed by atoms with E-state index in [4.69, 9.17) is 14.2 Å². The van der Waals surface area contributed by atoms with E-state index in [0.29, 0.717) is 6.61 Å². The fourth-order valence-electron chi connectivity index (χ4n) is 2.84. The number of fused-ring (bicyclic) bond motifs is 2. The lowest BCUT2D eigenvalue weighted by Crippen LogP contribution is -2.51. The zero-order chi connectivity index (χ0) is 14.9. The van der Waals surface area contributed by atoms with Gasteiger partial charge in [0.2, 0.25) is 0 Å². The van der Waals surface area contributed by atoms with Crippen LogP contribution in [0.25, 0.3) is 0 Å². The molecule has 6 nitrogen and oxygen atoms in total. The SMILES string of the molecule is CCOC(=O)C1C2CCC(O2)C1NC(=O)OC(C)(C)C. The largest absolute Gasteiger partial charge is 0.466 e. The number of nitrogens with one attached hydrogen (secondary N) is 1. The molecule has 114 valence electrons. The monoisotopic (exact) mass is 285 g/mol. The molecular weight excluding hydrogens is 262 g/mol. The molecule has 2 aliphatic rings. The molecule has 0 saturated carbocycles. The molecule has 2 saturated heterocycles. The number of alkyl carbamates (subject to hydrolysis) is 1. The molecule has 4 unspecified atom stereocenters. The highest BCUT2D eigenvalue weighted by atomic mass is 16.6. The number of esters is 1. The second-order valence-corrected chi connectivity index (χ2v) is 6.24. The molecular formula is C14H23NO5. The van der Waals surface area contributed by atoms with Gasteiger partial charge in [0.15, 0.2) is 0 Å². The van der Waals surface area contributed by atoms with Crippen LogP contribution in [0.1, 0.15) is 40.5 Å². The fourth-order valence-corrected chi connectivity index (χ4v) is 2.84. The zero-order valence-electron chi connectivity index (χ0n) is 12.5. The average Bonchev–Trinajstić information content (AvgIpc) is 2.86. The molecule has 2 fully saturated rings. The van der Waals surface area contributed by atoms with E-state index >= 15 is 0 Å².